The number of esters is 1. The van der Waals surface area contributed by atoms with Crippen molar-refractivity contribution in [2.45, 2.75) is 123 Å². The molecular weight excluding hydrogens is 634 g/mol. The quantitative estimate of drug-likeness (QED) is 0.0389. The van der Waals surface area contributed by atoms with E-state index in [0.717, 1.165) is 32.1 Å². The number of ether oxygens (including phenoxy) is 5. The molecule has 13 nitrogen and oxygen atoms in total. The van der Waals surface area contributed by atoms with Crippen LogP contribution in [0.25, 0.3) is 0 Å². The van der Waals surface area contributed by atoms with Gasteiger partial charge in [0.05, 0.1) is 48.1 Å². The zero-order valence-corrected chi connectivity index (χ0v) is 30.4. The van der Waals surface area contributed by atoms with Gasteiger partial charge in [-0.25, -0.2) is 0 Å². The van der Waals surface area contributed by atoms with Crippen LogP contribution >= 0.6 is 0 Å². The van der Waals surface area contributed by atoms with Crippen molar-refractivity contribution in [2.75, 3.05) is 40.0 Å². The van der Waals surface area contributed by atoms with Crippen LogP contribution in [0.3, 0.4) is 0 Å². The van der Waals surface area contributed by atoms with Gasteiger partial charge in [-0.2, -0.15) is 0 Å². The highest BCUT2D eigenvalue weighted by Crippen LogP contribution is 2.38. The van der Waals surface area contributed by atoms with Gasteiger partial charge in [0.2, 0.25) is 11.8 Å². The number of amides is 2. The van der Waals surface area contributed by atoms with E-state index in [0.29, 0.717) is 52.0 Å². The molecule has 0 fully saturated rings. The maximum atomic E-state index is 12.3. The zero-order valence-electron chi connectivity index (χ0n) is 30.4. The predicted octanol–water partition coefficient (Wildman–Crippen LogP) is 5.96. The van der Waals surface area contributed by atoms with Crippen molar-refractivity contribution in [3.8, 4) is 23.8 Å². The first-order chi connectivity index (χ1) is 23.1. The second-order valence-electron chi connectivity index (χ2n) is 13.1. The standard InChI is InChI=1S/C36H57N3O10/c1-9-10-20-37-33(41)16-12-11-13-18-35(4,5)48-24-19-36(6,7)47-23-15-21-38-34(42)17-14-22-46-32-26-30(39(43)44)29(25-31(32)45-8)27(2)49-28(3)40/h1,25-27H,10-24H2,2-8H3,(H,37,41)(H,38,42). The Hall–Kier alpha value is -3.89. The summed E-state index contributed by atoms with van der Waals surface area (Å²) in [6.07, 6.45) is 11.1. The van der Waals surface area contributed by atoms with Crippen LogP contribution in [-0.2, 0) is 28.6 Å². The highest BCUT2D eigenvalue weighted by atomic mass is 16.6. The lowest BCUT2D eigenvalue weighted by Crippen LogP contribution is -2.32. The SMILES string of the molecule is C#CCCNC(=O)CCCCCC(C)(C)OCCC(C)(C)OCCCNC(=O)CCCOc1cc([N+](=O)[O-])c(C(C)OC(C)=O)cc1OC. The Balaban J connectivity index is 2.29. The van der Waals surface area contributed by atoms with Gasteiger partial charge in [-0.05, 0) is 72.8 Å². The molecule has 0 spiro atoms. The lowest BCUT2D eigenvalue weighted by atomic mass is 9.99. The van der Waals surface area contributed by atoms with Crippen LogP contribution in [0.5, 0.6) is 11.5 Å². The topological polar surface area (TPSA) is 165 Å². The average Bonchev–Trinajstić information content (AvgIpc) is 3.01. The van der Waals surface area contributed by atoms with Crippen LogP contribution in [0, 0.1) is 22.5 Å². The van der Waals surface area contributed by atoms with Crippen LogP contribution in [0.4, 0.5) is 5.69 Å². The number of nitrogens with zero attached hydrogens (tertiary/aromatic N) is 1. The Morgan fingerprint density at radius 2 is 1.51 bits per heavy atom. The number of nitrogens with one attached hydrogen (secondary N) is 2. The summed E-state index contributed by atoms with van der Waals surface area (Å²) in [4.78, 5) is 46.5. The summed E-state index contributed by atoms with van der Waals surface area (Å²) in [6, 6.07) is 2.66. The van der Waals surface area contributed by atoms with E-state index in [1.54, 1.807) is 0 Å². The molecule has 0 saturated heterocycles. The number of hydrogen-bond donors (Lipinski definition) is 2. The van der Waals surface area contributed by atoms with Gasteiger partial charge in [0, 0.05) is 45.9 Å². The fourth-order valence-corrected chi connectivity index (χ4v) is 4.88. The summed E-state index contributed by atoms with van der Waals surface area (Å²) >= 11 is 0. The first kappa shape index (κ1) is 43.1. The number of benzene rings is 1. The number of nitro benzene ring substituents is 1. The molecule has 1 atom stereocenters. The third kappa shape index (κ3) is 19.0. The second-order valence-corrected chi connectivity index (χ2v) is 13.1. The number of unbranched alkanes of at least 4 members (excludes halogenated alkanes) is 2. The molecule has 0 aliphatic carbocycles. The Labute approximate surface area is 291 Å². The number of rotatable bonds is 26. The predicted molar refractivity (Wildman–Crippen MR) is 186 cm³/mol. The molecule has 13 heteroatoms. The number of hydrogen-bond acceptors (Lipinski definition) is 10. The fourth-order valence-electron chi connectivity index (χ4n) is 4.88. The molecule has 276 valence electrons. The van der Waals surface area contributed by atoms with E-state index in [2.05, 4.69) is 30.4 Å². The molecule has 1 unspecified atom stereocenters. The fraction of sp³-hybridized carbons (Fsp3) is 0.694. The Bertz CT molecular complexity index is 1240. The Morgan fingerprint density at radius 1 is 0.878 bits per heavy atom. The van der Waals surface area contributed by atoms with Gasteiger partial charge < -0.3 is 34.3 Å². The molecule has 0 aromatic heterocycles. The highest BCUT2D eigenvalue weighted by molar-refractivity contribution is 5.76. The number of carbonyl (C=O) groups is 3. The molecule has 0 heterocycles. The van der Waals surface area contributed by atoms with Crippen molar-refractivity contribution in [3.63, 3.8) is 0 Å². The van der Waals surface area contributed by atoms with E-state index < -0.39 is 17.0 Å². The van der Waals surface area contributed by atoms with E-state index in [9.17, 15) is 24.5 Å². The minimum absolute atomic E-state index is 0.0466. The molecule has 0 saturated carbocycles. The van der Waals surface area contributed by atoms with E-state index in [1.165, 1.54) is 33.1 Å². The van der Waals surface area contributed by atoms with E-state index in [-0.39, 0.29) is 58.8 Å². The summed E-state index contributed by atoms with van der Waals surface area (Å²) in [5.41, 5.74) is -0.718. The van der Waals surface area contributed by atoms with Gasteiger partial charge in [0.25, 0.3) is 5.69 Å². The van der Waals surface area contributed by atoms with Crippen molar-refractivity contribution in [3.05, 3.63) is 27.8 Å². The maximum absolute atomic E-state index is 12.3. The lowest BCUT2D eigenvalue weighted by Gasteiger charge is -2.30. The third-order valence-corrected chi connectivity index (χ3v) is 7.70. The van der Waals surface area contributed by atoms with Crippen molar-refractivity contribution < 1.29 is 43.0 Å². The van der Waals surface area contributed by atoms with Crippen LogP contribution in [-0.4, -0.2) is 73.9 Å². The monoisotopic (exact) mass is 691 g/mol. The van der Waals surface area contributed by atoms with Crippen LogP contribution in [0.15, 0.2) is 12.1 Å². The normalized spacial score (nSPS) is 12.0. The molecule has 2 amide bonds. The summed E-state index contributed by atoms with van der Waals surface area (Å²) in [5, 5.41) is 17.3. The van der Waals surface area contributed by atoms with Crippen LogP contribution < -0.4 is 20.1 Å². The third-order valence-electron chi connectivity index (χ3n) is 7.70. The number of carbonyl (C=O) groups excluding carboxylic acids is 3. The molecular formula is C36H57N3O10. The van der Waals surface area contributed by atoms with Gasteiger partial charge in [-0.3, -0.25) is 24.5 Å². The molecule has 49 heavy (non-hydrogen) atoms. The Kier molecular flexibility index (Phi) is 20.0. The lowest BCUT2D eigenvalue weighted by molar-refractivity contribution is -0.386. The molecule has 0 aliphatic rings. The summed E-state index contributed by atoms with van der Waals surface area (Å²) in [6.45, 7) is 13.2. The Morgan fingerprint density at radius 3 is 2.14 bits per heavy atom. The molecule has 0 aliphatic heterocycles. The molecule has 0 radical (unpaired) electrons. The van der Waals surface area contributed by atoms with Gasteiger partial charge in [0.1, 0.15) is 6.10 Å². The van der Waals surface area contributed by atoms with Gasteiger partial charge in [-0.1, -0.05) is 12.8 Å². The highest BCUT2D eigenvalue weighted by Gasteiger charge is 2.26. The maximum Gasteiger partial charge on any atom is 0.303 e. The molecule has 1 aromatic rings. The first-order valence-corrected chi connectivity index (χ1v) is 17.0. The van der Waals surface area contributed by atoms with Gasteiger partial charge in [0.15, 0.2) is 11.5 Å². The number of nitro groups is 1. The van der Waals surface area contributed by atoms with Gasteiger partial charge >= 0.3 is 5.97 Å². The molecule has 1 rings (SSSR count). The minimum atomic E-state index is -0.849. The van der Waals surface area contributed by atoms with Crippen molar-refractivity contribution in [2.24, 2.45) is 0 Å². The van der Waals surface area contributed by atoms with E-state index in [4.69, 9.17) is 30.1 Å². The van der Waals surface area contributed by atoms with Crippen LogP contribution in [0.1, 0.15) is 117 Å². The zero-order chi connectivity index (χ0) is 36.9. The summed E-state index contributed by atoms with van der Waals surface area (Å²) in [7, 11) is 1.41. The summed E-state index contributed by atoms with van der Waals surface area (Å²) in [5.74, 6) is 2.27. The first-order valence-electron chi connectivity index (χ1n) is 17.0. The van der Waals surface area contributed by atoms with Crippen molar-refractivity contribution >= 4 is 23.5 Å². The molecule has 2 N–H and O–H groups in total. The minimum Gasteiger partial charge on any atom is -0.493 e. The van der Waals surface area contributed by atoms with Crippen molar-refractivity contribution in [1.82, 2.24) is 10.6 Å². The second kappa shape index (κ2) is 22.7. The average molecular weight is 692 g/mol. The summed E-state index contributed by atoms with van der Waals surface area (Å²) < 4.78 is 28.3. The number of terminal acetylenes is 1. The molecule has 1 aromatic carbocycles. The van der Waals surface area contributed by atoms with E-state index in [1.807, 2.05) is 13.8 Å². The largest absolute Gasteiger partial charge is 0.493 e. The van der Waals surface area contributed by atoms with E-state index >= 15 is 0 Å². The number of methoxy groups -OCH3 is 1. The van der Waals surface area contributed by atoms with Crippen molar-refractivity contribution in [1.29, 1.82) is 0 Å². The van der Waals surface area contributed by atoms with Crippen LogP contribution in [0.2, 0.25) is 0 Å². The smallest absolute Gasteiger partial charge is 0.303 e. The molecule has 0 bridgehead atoms. The van der Waals surface area contributed by atoms with Gasteiger partial charge in [-0.15, -0.1) is 12.3 Å².